The first-order valence-electron chi connectivity index (χ1n) is 9.47. The van der Waals surface area contributed by atoms with Crippen LogP contribution in [0, 0.1) is 0 Å². The van der Waals surface area contributed by atoms with Crippen LogP contribution in [0.25, 0.3) is 16.3 Å². The third kappa shape index (κ3) is 4.57. The first-order valence-corrected chi connectivity index (χ1v) is 10.4. The van der Waals surface area contributed by atoms with Gasteiger partial charge in [0.25, 0.3) is 0 Å². The maximum absolute atomic E-state index is 12.4. The SMILES string of the molecule is CCc1ccc(-c2nc(CC(=O)NCc3nncn3-c3ccccc3)cs2)cc1. The van der Waals surface area contributed by atoms with E-state index in [-0.39, 0.29) is 12.3 Å². The Morgan fingerprint density at radius 2 is 1.90 bits per heavy atom. The number of aromatic nitrogens is 4. The lowest BCUT2D eigenvalue weighted by Crippen LogP contribution is -2.26. The molecule has 0 atom stereocenters. The Hall–Kier alpha value is -3.32. The van der Waals surface area contributed by atoms with Crippen molar-refractivity contribution in [3.8, 4) is 16.3 Å². The fourth-order valence-corrected chi connectivity index (χ4v) is 3.82. The van der Waals surface area contributed by atoms with Crippen LogP contribution in [-0.4, -0.2) is 25.7 Å². The molecule has 0 radical (unpaired) electrons. The van der Waals surface area contributed by atoms with Crippen molar-refractivity contribution in [2.45, 2.75) is 26.3 Å². The van der Waals surface area contributed by atoms with Crippen molar-refractivity contribution in [1.82, 2.24) is 25.1 Å². The lowest BCUT2D eigenvalue weighted by molar-refractivity contribution is -0.120. The molecule has 0 saturated carbocycles. The molecule has 0 saturated heterocycles. The average molecular weight is 404 g/mol. The normalized spacial score (nSPS) is 10.8. The lowest BCUT2D eigenvalue weighted by atomic mass is 10.1. The van der Waals surface area contributed by atoms with Crippen LogP contribution in [-0.2, 0) is 24.2 Å². The first-order chi connectivity index (χ1) is 14.2. The van der Waals surface area contributed by atoms with E-state index in [9.17, 15) is 4.79 Å². The molecule has 1 amide bonds. The molecular weight excluding hydrogens is 382 g/mol. The summed E-state index contributed by atoms with van der Waals surface area (Å²) in [5, 5.41) is 13.9. The average Bonchev–Trinajstić information content (AvgIpc) is 3.42. The van der Waals surface area contributed by atoms with Gasteiger partial charge in [0.1, 0.15) is 11.3 Å². The van der Waals surface area contributed by atoms with E-state index < -0.39 is 0 Å². The van der Waals surface area contributed by atoms with Crippen LogP contribution in [0.2, 0.25) is 0 Å². The van der Waals surface area contributed by atoms with E-state index in [1.54, 1.807) is 17.7 Å². The highest BCUT2D eigenvalue weighted by molar-refractivity contribution is 7.13. The largest absolute Gasteiger partial charge is 0.348 e. The van der Waals surface area contributed by atoms with Gasteiger partial charge in [0.15, 0.2) is 5.82 Å². The van der Waals surface area contributed by atoms with Crippen molar-refractivity contribution in [1.29, 1.82) is 0 Å². The number of para-hydroxylation sites is 1. The third-order valence-electron chi connectivity index (χ3n) is 4.60. The maximum atomic E-state index is 12.4. The topological polar surface area (TPSA) is 72.7 Å². The molecule has 2 aromatic carbocycles. The van der Waals surface area contributed by atoms with Gasteiger partial charge in [-0.2, -0.15) is 0 Å². The Morgan fingerprint density at radius 1 is 1.10 bits per heavy atom. The molecule has 2 heterocycles. The summed E-state index contributed by atoms with van der Waals surface area (Å²) in [6.45, 7) is 2.45. The minimum atomic E-state index is -0.0919. The number of hydrogen-bond acceptors (Lipinski definition) is 5. The zero-order chi connectivity index (χ0) is 20.1. The first kappa shape index (κ1) is 19.0. The molecular formula is C22H21N5OS. The van der Waals surface area contributed by atoms with Crippen molar-refractivity contribution in [3.05, 3.63) is 83.4 Å². The highest BCUT2D eigenvalue weighted by atomic mass is 32.1. The Morgan fingerprint density at radius 3 is 2.66 bits per heavy atom. The van der Waals surface area contributed by atoms with Crippen LogP contribution in [0.4, 0.5) is 0 Å². The number of thiazole rings is 1. The van der Waals surface area contributed by atoms with Gasteiger partial charge in [-0.05, 0) is 24.1 Å². The molecule has 0 aliphatic heterocycles. The summed E-state index contributed by atoms with van der Waals surface area (Å²) < 4.78 is 1.86. The van der Waals surface area contributed by atoms with Gasteiger partial charge in [-0.15, -0.1) is 21.5 Å². The lowest BCUT2D eigenvalue weighted by Gasteiger charge is -2.07. The molecule has 0 unspecified atom stereocenters. The fraction of sp³-hybridized carbons (Fsp3) is 0.182. The maximum Gasteiger partial charge on any atom is 0.226 e. The van der Waals surface area contributed by atoms with Crippen LogP contribution in [0.15, 0.2) is 66.3 Å². The Bertz CT molecular complexity index is 1090. The molecule has 0 aliphatic carbocycles. The number of nitrogens with zero attached hydrogens (tertiary/aromatic N) is 4. The molecule has 4 aromatic rings. The molecule has 1 N–H and O–H groups in total. The number of carbonyl (C=O) groups excluding carboxylic acids is 1. The van der Waals surface area contributed by atoms with Crippen LogP contribution in [0.1, 0.15) is 24.0 Å². The summed E-state index contributed by atoms with van der Waals surface area (Å²) in [7, 11) is 0. The van der Waals surface area contributed by atoms with Gasteiger partial charge in [-0.1, -0.05) is 49.4 Å². The molecule has 4 rings (SSSR count). The Balaban J connectivity index is 1.36. The molecule has 146 valence electrons. The number of amides is 1. The fourth-order valence-electron chi connectivity index (χ4n) is 2.99. The highest BCUT2D eigenvalue weighted by Crippen LogP contribution is 2.24. The van der Waals surface area contributed by atoms with E-state index in [1.807, 2.05) is 40.3 Å². The van der Waals surface area contributed by atoms with E-state index in [0.29, 0.717) is 12.4 Å². The van der Waals surface area contributed by atoms with Crippen LogP contribution < -0.4 is 5.32 Å². The van der Waals surface area contributed by atoms with Crippen molar-refractivity contribution < 1.29 is 4.79 Å². The summed E-state index contributed by atoms with van der Waals surface area (Å²) in [5.41, 5.74) is 4.11. The molecule has 29 heavy (non-hydrogen) atoms. The van der Waals surface area contributed by atoms with Gasteiger partial charge in [-0.25, -0.2) is 4.98 Å². The van der Waals surface area contributed by atoms with Crippen molar-refractivity contribution in [2.75, 3.05) is 0 Å². The van der Waals surface area contributed by atoms with Gasteiger partial charge in [0, 0.05) is 16.6 Å². The Kier molecular flexibility index (Phi) is 5.76. The van der Waals surface area contributed by atoms with E-state index in [1.165, 1.54) is 5.56 Å². The van der Waals surface area contributed by atoms with Gasteiger partial charge < -0.3 is 5.32 Å². The summed E-state index contributed by atoms with van der Waals surface area (Å²) in [5.74, 6) is 0.588. The molecule has 2 aromatic heterocycles. The molecule has 0 aliphatic rings. The van der Waals surface area contributed by atoms with E-state index >= 15 is 0 Å². The number of carbonyl (C=O) groups is 1. The number of rotatable bonds is 7. The standard InChI is InChI=1S/C22H21N5OS/c1-2-16-8-10-17(11-9-16)22-25-18(14-29-22)12-21(28)23-13-20-26-24-15-27(20)19-6-4-3-5-7-19/h3-11,14-15H,2,12-13H2,1H3,(H,23,28). The monoisotopic (exact) mass is 403 g/mol. The van der Waals surface area contributed by atoms with Gasteiger partial charge in [-0.3, -0.25) is 9.36 Å². The van der Waals surface area contributed by atoms with Crippen LogP contribution in [0.5, 0.6) is 0 Å². The summed E-state index contributed by atoms with van der Waals surface area (Å²) in [6, 6.07) is 18.2. The zero-order valence-electron chi connectivity index (χ0n) is 16.1. The number of aryl methyl sites for hydroxylation is 1. The number of nitrogens with one attached hydrogen (secondary N) is 1. The quantitative estimate of drug-likeness (QED) is 0.509. The summed E-state index contributed by atoms with van der Waals surface area (Å²) in [6.07, 6.45) is 2.90. The van der Waals surface area contributed by atoms with Crippen LogP contribution >= 0.6 is 11.3 Å². The second kappa shape index (κ2) is 8.79. The van der Waals surface area contributed by atoms with Crippen molar-refractivity contribution in [3.63, 3.8) is 0 Å². The minimum absolute atomic E-state index is 0.0919. The second-order valence-corrected chi connectivity index (χ2v) is 7.46. The van der Waals surface area contributed by atoms with Gasteiger partial charge in [0.05, 0.1) is 18.7 Å². The Labute approximate surface area is 173 Å². The molecule has 0 bridgehead atoms. The number of benzene rings is 2. The van der Waals surface area contributed by atoms with E-state index in [0.717, 1.165) is 28.4 Å². The van der Waals surface area contributed by atoms with Crippen LogP contribution in [0.3, 0.4) is 0 Å². The molecule has 0 fully saturated rings. The van der Waals surface area contributed by atoms with Crippen molar-refractivity contribution in [2.24, 2.45) is 0 Å². The molecule has 6 nitrogen and oxygen atoms in total. The van der Waals surface area contributed by atoms with Crippen molar-refractivity contribution >= 4 is 17.2 Å². The van der Waals surface area contributed by atoms with E-state index in [2.05, 4.69) is 51.7 Å². The van der Waals surface area contributed by atoms with E-state index in [4.69, 9.17) is 0 Å². The summed E-state index contributed by atoms with van der Waals surface area (Å²) >= 11 is 1.56. The van der Waals surface area contributed by atoms with Gasteiger partial charge in [0.2, 0.25) is 5.91 Å². The highest BCUT2D eigenvalue weighted by Gasteiger charge is 2.11. The third-order valence-corrected chi connectivity index (χ3v) is 5.54. The summed E-state index contributed by atoms with van der Waals surface area (Å²) in [4.78, 5) is 17.0. The second-order valence-electron chi connectivity index (χ2n) is 6.60. The van der Waals surface area contributed by atoms with Gasteiger partial charge >= 0.3 is 0 Å². The minimum Gasteiger partial charge on any atom is -0.348 e. The predicted octanol–water partition coefficient (Wildman–Crippen LogP) is 3.81. The molecule has 7 heteroatoms. The smallest absolute Gasteiger partial charge is 0.226 e. The zero-order valence-corrected chi connectivity index (χ0v) is 16.9. The molecule has 0 spiro atoms. The number of hydrogen-bond donors (Lipinski definition) is 1. The predicted molar refractivity (Wildman–Crippen MR) is 114 cm³/mol.